The highest BCUT2D eigenvalue weighted by atomic mass is 127. The summed E-state index contributed by atoms with van der Waals surface area (Å²) in [7, 11) is 0. The molecule has 15 heavy (non-hydrogen) atoms. The molecule has 2 aromatic rings. The number of aryl methyl sites for hydroxylation is 1. The number of hydrogen-bond acceptors (Lipinski definition) is 2. The van der Waals surface area contributed by atoms with E-state index in [-0.39, 0.29) is 5.76 Å². The van der Waals surface area contributed by atoms with Gasteiger partial charge in [-0.15, -0.1) is 0 Å². The van der Waals surface area contributed by atoms with E-state index in [4.69, 9.17) is 4.42 Å². The Morgan fingerprint density at radius 3 is 3.07 bits per heavy atom. The molecule has 0 amide bonds. The lowest BCUT2D eigenvalue weighted by Crippen LogP contribution is -2.12. The summed E-state index contributed by atoms with van der Waals surface area (Å²) in [5.74, 6) is 2.49. The second kappa shape index (κ2) is 4.11. The molecule has 0 bridgehead atoms. The number of aromatic nitrogens is 1. The fraction of sp³-hybridized carbons (Fsp3) is 0.182. The van der Waals surface area contributed by atoms with Crippen LogP contribution in [0.25, 0.3) is 11.1 Å². The van der Waals surface area contributed by atoms with Gasteiger partial charge in [0.1, 0.15) is 0 Å². The molecule has 1 aromatic heterocycles. The summed E-state index contributed by atoms with van der Waals surface area (Å²) in [6, 6.07) is 5.65. The lowest BCUT2D eigenvalue weighted by molar-refractivity contribution is 0.521. The van der Waals surface area contributed by atoms with E-state index in [1.807, 2.05) is 41.6 Å². The first-order valence-corrected chi connectivity index (χ1v) is 5.49. The van der Waals surface area contributed by atoms with Crippen LogP contribution >= 0.6 is 22.6 Å². The molecule has 0 radical (unpaired) electrons. The highest BCUT2D eigenvalue weighted by Gasteiger charge is 2.07. The van der Waals surface area contributed by atoms with Crippen LogP contribution in [0.15, 0.2) is 27.4 Å². The molecule has 4 heteroatoms. The quantitative estimate of drug-likeness (QED) is 0.598. The first kappa shape index (κ1) is 10.3. The third-order valence-electron chi connectivity index (χ3n) is 2.13. The highest BCUT2D eigenvalue weighted by Crippen LogP contribution is 2.14. The summed E-state index contributed by atoms with van der Waals surface area (Å²) in [5.41, 5.74) is 2.51. The van der Waals surface area contributed by atoms with Gasteiger partial charge in [-0.3, -0.25) is 4.57 Å². The van der Waals surface area contributed by atoms with Gasteiger partial charge in [-0.05, 0) is 28.5 Å². The third kappa shape index (κ3) is 1.92. The molecule has 0 spiro atoms. The summed E-state index contributed by atoms with van der Waals surface area (Å²) in [5, 5.41) is 0. The van der Waals surface area contributed by atoms with Crippen molar-refractivity contribution in [2.24, 2.45) is 0 Å². The Hall–Kier alpha value is -1.22. The first-order chi connectivity index (χ1) is 7.22. The van der Waals surface area contributed by atoms with Crippen LogP contribution in [-0.2, 0) is 6.54 Å². The van der Waals surface area contributed by atoms with Crippen LogP contribution in [0.3, 0.4) is 0 Å². The van der Waals surface area contributed by atoms with Gasteiger partial charge in [0, 0.05) is 22.6 Å². The van der Waals surface area contributed by atoms with E-state index in [1.54, 1.807) is 6.07 Å². The van der Waals surface area contributed by atoms with Gasteiger partial charge in [0.2, 0.25) is 0 Å². The first-order valence-electron chi connectivity index (χ1n) is 4.41. The van der Waals surface area contributed by atoms with Crippen molar-refractivity contribution < 1.29 is 4.42 Å². The van der Waals surface area contributed by atoms with Gasteiger partial charge in [-0.1, -0.05) is 12.0 Å². The molecule has 2 rings (SSSR count). The fourth-order valence-corrected chi connectivity index (χ4v) is 1.60. The smallest absolute Gasteiger partial charge is 0.408 e. The molecule has 0 atom stereocenters. The SMILES string of the molecule is Cc1ccc2oc(=O)n(CC#CI)c2c1. The minimum absolute atomic E-state index is 0.352. The zero-order valence-electron chi connectivity index (χ0n) is 8.08. The lowest BCUT2D eigenvalue weighted by atomic mass is 10.2. The Balaban J connectivity index is 2.69. The number of halogens is 1. The van der Waals surface area contributed by atoms with Crippen LogP contribution in [0.2, 0.25) is 0 Å². The second-order valence-corrected chi connectivity index (χ2v) is 3.74. The third-order valence-corrected chi connectivity index (χ3v) is 2.51. The number of hydrogen-bond donors (Lipinski definition) is 0. The topological polar surface area (TPSA) is 35.1 Å². The molecule has 0 fully saturated rings. The fourth-order valence-electron chi connectivity index (χ4n) is 1.43. The minimum atomic E-state index is -0.352. The van der Waals surface area contributed by atoms with E-state index in [1.165, 1.54) is 4.57 Å². The molecular formula is C11H8INO2. The van der Waals surface area contributed by atoms with Gasteiger partial charge in [0.15, 0.2) is 5.58 Å². The Kier molecular flexibility index (Phi) is 2.82. The van der Waals surface area contributed by atoms with Crippen LogP contribution in [0, 0.1) is 16.8 Å². The van der Waals surface area contributed by atoms with E-state index in [9.17, 15) is 4.79 Å². The summed E-state index contributed by atoms with van der Waals surface area (Å²) >= 11 is 1.95. The predicted octanol–water partition coefficient (Wildman–Crippen LogP) is 2.30. The van der Waals surface area contributed by atoms with Gasteiger partial charge >= 0.3 is 5.76 Å². The minimum Gasteiger partial charge on any atom is -0.408 e. The average molecular weight is 313 g/mol. The van der Waals surface area contributed by atoms with Gasteiger partial charge in [0.05, 0.1) is 12.1 Å². The number of nitrogens with zero attached hydrogens (tertiary/aromatic N) is 1. The van der Waals surface area contributed by atoms with Crippen molar-refractivity contribution in [3.05, 3.63) is 34.3 Å². The molecule has 0 saturated carbocycles. The average Bonchev–Trinajstić information content (AvgIpc) is 2.51. The van der Waals surface area contributed by atoms with Crippen LogP contribution in [0.1, 0.15) is 5.56 Å². The normalized spacial score (nSPS) is 10.0. The second-order valence-electron chi connectivity index (χ2n) is 3.20. The summed E-state index contributed by atoms with van der Waals surface area (Å²) in [6.45, 7) is 2.35. The molecule has 0 saturated heterocycles. The van der Waals surface area contributed by atoms with Gasteiger partial charge in [-0.25, -0.2) is 4.79 Å². The van der Waals surface area contributed by atoms with Crippen molar-refractivity contribution in [2.45, 2.75) is 13.5 Å². The van der Waals surface area contributed by atoms with Gasteiger partial charge in [0.25, 0.3) is 0 Å². The number of benzene rings is 1. The van der Waals surface area contributed by atoms with E-state index < -0.39 is 0 Å². The van der Waals surface area contributed by atoms with Crippen molar-refractivity contribution in [2.75, 3.05) is 0 Å². The van der Waals surface area contributed by atoms with Crippen LogP contribution in [-0.4, -0.2) is 4.57 Å². The number of rotatable bonds is 1. The highest BCUT2D eigenvalue weighted by molar-refractivity contribution is 14.1. The Morgan fingerprint density at radius 1 is 1.53 bits per heavy atom. The predicted molar refractivity (Wildman–Crippen MR) is 67.0 cm³/mol. The zero-order chi connectivity index (χ0) is 10.8. The maximum atomic E-state index is 11.5. The molecule has 3 nitrogen and oxygen atoms in total. The van der Waals surface area contributed by atoms with Crippen molar-refractivity contribution in [1.82, 2.24) is 4.57 Å². The molecule has 0 aliphatic heterocycles. The Bertz CT molecular complexity index is 613. The molecule has 0 aliphatic rings. The molecule has 1 heterocycles. The Morgan fingerprint density at radius 2 is 2.33 bits per heavy atom. The van der Waals surface area contributed by atoms with Crippen molar-refractivity contribution >= 4 is 33.7 Å². The summed E-state index contributed by atoms with van der Waals surface area (Å²) in [6.07, 6.45) is 0. The standard InChI is InChI=1S/C11H8INO2/c1-8-3-4-10-9(7-8)13(6-2-5-12)11(14)15-10/h3-4,7H,6H2,1H3. The molecule has 1 aromatic carbocycles. The van der Waals surface area contributed by atoms with E-state index in [0.717, 1.165) is 11.1 Å². The molecule has 76 valence electrons. The Labute approximate surface area is 100 Å². The van der Waals surface area contributed by atoms with Gasteiger partial charge < -0.3 is 4.42 Å². The van der Waals surface area contributed by atoms with Crippen molar-refractivity contribution in [3.63, 3.8) is 0 Å². The molecule has 0 aliphatic carbocycles. The largest absolute Gasteiger partial charge is 0.420 e. The van der Waals surface area contributed by atoms with Crippen LogP contribution in [0.4, 0.5) is 0 Å². The molecular weight excluding hydrogens is 305 g/mol. The van der Waals surface area contributed by atoms with E-state index in [0.29, 0.717) is 12.1 Å². The van der Waals surface area contributed by atoms with Gasteiger partial charge in [-0.2, -0.15) is 0 Å². The summed E-state index contributed by atoms with van der Waals surface area (Å²) < 4.78 is 9.36. The monoisotopic (exact) mass is 313 g/mol. The maximum absolute atomic E-state index is 11.5. The molecule has 0 N–H and O–H groups in total. The number of fused-ring (bicyclic) bond motifs is 1. The van der Waals surface area contributed by atoms with Crippen LogP contribution < -0.4 is 5.76 Å². The van der Waals surface area contributed by atoms with Crippen LogP contribution in [0.5, 0.6) is 0 Å². The maximum Gasteiger partial charge on any atom is 0.420 e. The summed E-state index contributed by atoms with van der Waals surface area (Å²) in [4.78, 5) is 11.5. The zero-order valence-corrected chi connectivity index (χ0v) is 10.2. The lowest BCUT2D eigenvalue weighted by Gasteiger charge is -1.95. The van der Waals surface area contributed by atoms with E-state index in [2.05, 4.69) is 9.85 Å². The van der Waals surface area contributed by atoms with E-state index >= 15 is 0 Å². The number of oxazole rings is 1. The van der Waals surface area contributed by atoms with Crippen molar-refractivity contribution in [3.8, 4) is 9.85 Å². The molecule has 0 unspecified atom stereocenters. The van der Waals surface area contributed by atoms with Crippen molar-refractivity contribution in [1.29, 1.82) is 0 Å².